The summed E-state index contributed by atoms with van der Waals surface area (Å²) in [5.74, 6) is 0. The second-order valence-corrected chi connectivity index (χ2v) is 4.82. The molecule has 0 aromatic heterocycles. The number of ether oxygens (including phenoxy) is 1. The van der Waals surface area contributed by atoms with E-state index < -0.39 is 0 Å². The summed E-state index contributed by atoms with van der Waals surface area (Å²) in [5, 5.41) is 4.46. The molecule has 0 fully saturated rings. The van der Waals surface area contributed by atoms with Crippen molar-refractivity contribution in [3.05, 3.63) is 45.6 Å². The Morgan fingerprint density at radius 1 is 1.35 bits per heavy atom. The maximum absolute atomic E-state index is 6.25. The highest BCUT2D eigenvalue weighted by atomic mass is 35.5. The van der Waals surface area contributed by atoms with Crippen molar-refractivity contribution in [1.29, 1.82) is 0 Å². The highest BCUT2D eigenvalue weighted by molar-refractivity contribution is 6.42. The predicted octanol–water partition coefficient (Wildman–Crippen LogP) is 3.95. The summed E-state index contributed by atoms with van der Waals surface area (Å²) in [4.78, 5) is 0. The van der Waals surface area contributed by atoms with Crippen LogP contribution in [0.2, 0.25) is 10.0 Å². The van der Waals surface area contributed by atoms with Crippen LogP contribution in [0.3, 0.4) is 0 Å². The van der Waals surface area contributed by atoms with Crippen LogP contribution in [0.5, 0.6) is 0 Å². The summed E-state index contributed by atoms with van der Waals surface area (Å²) in [7, 11) is 1.91. The van der Waals surface area contributed by atoms with E-state index in [9.17, 15) is 0 Å². The highest BCUT2D eigenvalue weighted by Gasteiger charge is 2.20. The summed E-state index contributed by atoms with van der Waals surface area (Å²) < 4.78 is 5.38. The van der Waals surface area contributed by atoms with E-state index in [1.807, 2.05) is 25.4 Å². The van der Waals surface area contributed by atoms with Crippen LogP contribution >= 0.6 is 23.2 Å². The predicted molar refractivity (Wildman–Crippen MR) is 71.5 cm³/mol. The third kappa shape index (κ3) is 2.76. The van der Waals surface area contributed by atoms with Gasteiger partial charge in [-0.15, -0.1) is 0 Å². The van der Waals surface area contributed by atoms with Crippen LogP contribution in [0.15, 0.2) is 30.0 Å². The van der Waals surface area contributed by atoms with Gasteiger partial charge in [0.15, 0.2) is 0 Å². The lowest BCUT2D eigenvalue weighted by atomic mass is 9.95. The van der Waals surface area contributed by atoms with Crippen molar-refractivity contribution in [1.82, 2.24) is 5.32 Å². The fraction of sp³-hybridized carbons (Fsp3) is 0.385. The van der Waals surface area contributed by atoms with Gasteiger partial charge in [0.2, 0.25) is 0 Å². The third-order valence-corrected chi connectivity index (χ3v) is 3.75. The van der Waals surface area contributed by atoms with Gasteiger partial charge in [0.1, 0.15) is 0 Å². The van der Waals surface area contributed by atoms with E-state index >= 15 is 0 Å². The Bertz CT molecular complexity index is 431. The smallest absolute Gasteiger partial charge is 0.0876 e. The first-order valence-corrected chi connectivity index (χ1v) is 6.41. The Hall–Kier alpha value is -0.700. The molecule has 2 nitrogen and oxygen atoms in total. The van der Waals surface area contributed by atoms with Crippen LogP contribution in [-0.4, -0.2) is 13.7 Å². The molecule has 0 spiro atoms. The van der Waals surface area contributed by atoms with E-state index in [1.54, 1.807) is 6.07 Å². The molecular formula is C13H15Cl2NO. The number of benzene rings is 1. The Morgan fingerprint density at radius 2 is 2.18 bits per heavy atom. The summed E-state index contributed by atoms with van der Waals surface area (Å²) >= 11 is 12.3. The lowest BCUT2D eigenvalue weighted by molar-refractivity contribution is 0.220. The van der Waals surface area contributed by atoms with Crippen molar-refractivity contribution in [2.75, 3.05) is 13.7 Å². The van der Waals surface area contributed by atoms with Gasteiger partial charge in [-0.25, -0.2) is 0 Å². The molecule has 2 rings (SSSR count). The van der Waals surface area contributed by atoms with Crippen LogP contribution < -0.4 is 5.32 Å². The van der Waals surface area contributed by atoms with Crippen molar-refractivity contribution >= 4 is 23.2 Å². The molecule has 1 N–H and O–H groups in total. The van der Waals surface area contributed by atoms with Gasteiger partial charge in [-0.05, 0) is 37.1 Å². The number of halogens is 2. The molecule has 1 atom stereocenters. The van der Waals surface area contributed by atoms with Crippen LogP contribution in [0.25, 0.3) is 0 Å². The Balaban J connectivity index is 2.34. The van der Waals surface area contributed by atoms with Gasteiger partial charge in [-0.1, -0.05) is 35.3 Å². The molecule has 92 valence electrons. The fourth-order valence-corrected chi connectivity index (χ4v) is 2.50. The maximum Gasteiger partial charge on any atom is 0.0876 e. The Kier molecular flexibility index (Phi) is 4.32. The summed E-state index contributed by atoms with van der Waals surface area (Å²) in [6.07, 6.45) is 3.90. The van der Waals surface area contributed by atoms with E-state index in [-0.39, 0.29) is 6.04 Å². The SMILES string of the molecule is CNC(C1=COCCC1)c1cccc(Cl)c1Cl. The molecule has 17 heavy (non-hydrogen) atoms. The molecule has 1 heterocycles. The largest absolute Gasteiger partial charge is 0.501 e. The molecule has 1 aliphatic heterocycles. The van der Waals surface area contributed by atoms with Crippen molar-refractivity contribution in [3.63, 3.8) is 0 Å². The molecule has 1 aromatic rings. The summed E-state index contributed by atoms with van der Waals surface area (Å²) in [5.41, 5.74) is 2.21. The van der Waals surface area contributed by atoms with Crippen molar-refractivity contribution in [2.45, 2.75) is 18.9 Å². The molecule has 1 aliphatic rings. The average molecular weight is 272 g/mol. The molecule has 0 radical (unpaired) electrons. The number of hydrogen-bond donors (Lipinski definition) is 1. The molecular weight excluding hydrogens is 257 g/mol. The summed E-state index contributed by atoms with van der Waals surface area (Å²) in [6, 6.07) is 5.77. The standard InChI is InChI=1S/C13H15Cl2NO/c1-16-13(9-4-3-7-17-8-9)10-5-2-6-11(14)12(10)15/h2,5-6,8,13,16H,3-4,7H2,1H3. The highest BCUT2D eigenvalue weighted by Crippen LogP contribution is 2.35. The van der Waals surface area contributed by atoms with E-state index in [0.717, 1.165) is 25.0 Å². The lowest BCUT2D eigenvalue weighted by Gasteiger charge is -2.24. The topological polar surface area (TPSA) is 21.3 Å². The van der Waals surface area contributed by atoms with Gasteiger partial charge < -0.3 is 10.1 Å². The van der Waals surface area contributed by atoms with Crippen molar-refractivity contribution in [3.8, 4) is 0 Å². The zero-order valence-corrected chi connectivity index (χ0v) is 11.2. The van der Waals surface area contributed by atoms with Crippen LogP contribution in [0.1, 0.15) is 24.4 Å². The van der Waals surface area contributed by atoms with Crippen molar-refractivity contribution < 1.29 is 4.74 Å². The fourth-order valence-electron chi connectivity index (χ4n) is 2.08. The second kappa shape index (κ2) is 5.76. The molecule has 0 saturated heterocycles. The van der Waals surface area contributed by atoms with Gasteiger partial charge in [0.25, 0.3) is 0 Å². The van der Waals surface area contributed by atoms with Gasteiger partial charge in [0.05, 0.1) is 29.0 Å². The average Bonchev–Trinajstić information content (AvgIpc) is 2.37. The van der Waals surface area contributed by atoms with Crippen molar-refractivity contribution in [2.24, 2.45) is 0 Å². The van der Waals surface area contributed by atoms with E-state index in [1.165, 1.54) is 5.57 Å². The van der Waals surface area contributed by atoms with Crippen LogP contribution in [0, 0.1) is 0 Å². The molecule has 1 aromatic carbocycles. The number of hydrogen-bond acceptors (Lipinski definition) is 2. The van der Waals surface area contributed by atoms with Gasteiger partial charge in [-0.2, -0.15) is 0 Å². The second-order valence-electron chi connectivity index (χ2n) is 4.03. The first kappa shape index (κ1) is 12.7. The van der Waals surface area contributed by atoms with Crippen LogP contribution in [-0.2, 0) is 4.74 Å². The summed E-state index contributed by atoms with van der Waals surface area (Å²) in [6.45, 7) is 0.795. The molecule has 0 bridgehead atoms. The van der Waals surface area contributed by atoms with Gasteiger partial charge in [-0.3, -0.25) is 0 Å². The zero-order valence-electron chi connectivity index (χ0n) is 9.67. The van der Waals surface area contributed by atoms with Gasteiger partial charge >= 0.3 is 0 Å². The van der Waals surface area contributed by atoms with E-state index in [0.29, 0.717) is 10.0 Å². The normalized spacial score (nSPS) is 17.2. The minimum Gasteiger partial charge on any atom is -0.501 e. The first-order valence-electron chi connectivity index (χ1n) is 5.65. The Morgan fingerprint density at radius 3 is 2.82 bits per heavy atom. The molecule has 0 amide bonds. The monoisotopic (exact) mass is 271 g/mol. The third-order valence-electron chi connectivity index (χ3n) is 2.91. The molecule has 1 unspecified atom stereocenters. The Labute approximate surface area is 112 Å². The molecule has 0 aliphatic carbocycles. The quantitative estimate of drug-likeness (QED) is 0.899. The lowest BCUT2D eigenvalue weighted by Crippen LogP contribution is -2.21. The number of likely N-dealkylation sites (N-methyl/N-ethyl adjacent to an activating group) is 1. The zero-order chi connectivity index (χ0) is 12.3. The maximum atomic E-state index is 6.25. The van der Waals surface area contributed by atoms with Crippen LogP contribution in [0.4, 0.5) is 0 Å². The first-order chi connectivity index (χ1) is 8.24. The minimum atomic E-state index is 0.0708. The van der Waals surface area contributed by atoms with Gasteiger partial charge in [0, 0.05) is 0 Å². The number of rotatable bonds is 3. The van der Waals surface area contributed by atoms with E-state index in [2.05, 4.69) is 5.32 Å². The van der Waals surface area contributed by atoms with E-state index in [4.69, 9.17) is 27.9 Å². The number of nitrogens with one attached hydrogen (secondary N) is 1. The minimum absolute atomic E-state index is 0.0708. The molecule has 4 heteroatoms. The molecule has 0 saturated carbocycles.